The van der Waals surface area contributed by atoms with Crippen LogP contribution in [-0.2, 0) is 0 Å². The molecule has 0 bridgehead atoms. The number of rotatable bonds is 6. The van der Waals surface area contributed by atoms with E-state index in [-0.39, 0.29) is 6.10 Å². The van der Waals surface area contributed by atoms with Gasteiger partial charge in [-0.05, 0) is 33.0 Å². The predicted octanol–water partition coefficient (Wildman–Crippen LogP) is 2.35. The zero-order valence-electron chi connectivity index (χ0n) is 11.4. The van der Waals surface area contributed by atoms with Crippen LogP contribution in [0.5, 0.6) is 11.5 Å². The molecule has 0 aliphatic carbocycles. The molecule has 0 heterocycles. The molecule has 0 aliphatic rings. The lowest BCUT2D eigenvalue weighted by Crippen LogP contribution is -2.41. The van der Waals surface area contributed by atoms with Crippen molar-refractivity contribution in [1.82, 2.24) is 5.32 Å². The summed E-state index contributed by atoms with van der Waals surface area (Å²) in [6.45, 7) is 3.80. The molecule has 18 heavy (non-hydrogen) atoms. The second-order valence-corrected chi connectivity index (χ2v) is 4.48. The molecule has 0 fully saturated rings. The number of nitrogens with one attached hydrogen (secondary N) is 1. The molecule has 0 radical (unpaired) electrons. The summed E-state index contributed by atoms with van der Waals surface area (Å²) in [5.74, 6) is 1.40. The van der Waals surface area contributed by atoms with E-state index in [2.05, 4.69) is 11.4 Å². The number of nitrogens with zero attached hydrogens (tertiary/aromatic N) is 1. The maximum absolute atomic E-state index is 9.11. The van der Waals surface area contributed by atoms with Gasteiger partial charge in [0.05, 0.1) is 19.3 Å². The van der Waals surface area contributed by atoms with Gasteiger partial charge in [0, 0.05) is 6.42 Å². The molecule has 1 aromatic rings. The number of hydrogen-bond acceptors (Lipinski definition) is 4. The molecule has 0 spiro atoms. The Bertz CT molecular complexity index is 428. The Morgan fingerprint density at radius 2 is 2.00 bits per heavy atom. The number of hydrogen-bond donors (Lipinski definition) is 1. The summed E-state index contributed by atoms with van der Waals surface area (Å²) < 4.78 is 11.0. The summed E-state index contributed by atoms with van der Waals surface area (Å²) >= 11 is 0. The van der Waals surface area contributed by atoms with Crippen molar-refractivity contribution in [3.8, 4) is 17.6 Å². The number of ether oxygens (including phenoxy) is 2. The fourth-order valence-electron chi connectivity index (χ4n) is 1.75. The van der Waals surface area contributed by atoms with E-state index in [1.165, 1.54) is 0 Å². The van der Waals surface area contributed by atoms with E-state index in [4.69, 9.17) is 14.7 Å². The molecule has 2 atom stereocenters. The number of nitriles is 1. The van der Waals surface area contributed by atoms with Crippen molar-refractivity contribution in [3.63, 3.8) is 0 Å². The number of para-hydroxylation sites is 2. The lowest BCUT2D eigenvalue weighted by atomic mass is 9.97. The van der Waals surface area contributed by atoms with Crippen molar-refractivity contribution in [2.24, 2.45) is 0 Å². The molecular weight excluding hydrogens is 228 g/mol. The third-order valence-corrected chi connectivity index (χ3v) is 2.89. The predicted molar refractivity (Wildman–Crippen MR) is 70.8 cm³/mol. The molecule has 0 saturated carbocycles. The third-order valence-electron chi connectivity index (χ3n) is 2.89. The Morgan fingerprint density at radius 3 is 2.50 bits per heavy atom. The van der Waals surface area contributed by atoms with Crippen molar-refractivity contribution in [1.29, 1.82) is 5.26 Å². The van der Waals surface area contributed by atoms with E-state index >= 15 is 0 Å². The summed E-state index contributed by atoms with van der Waals surface area (Å²) in [6, 6.07) is 9.75. The van der Waals surface area contributed by atoms with Gasteiger partial charge in [-0.25, -0.2) is 0 Å². The van der Waals surface area contributed by atoms with Gasteiger partial charge in [0.2, 0.25) is 0 Å². The van der Waals surface area contributed by atoms with Crippen LogP contribution in [0.15, 0.2) is 24.3 Å². The largest absolute Gasteiger partial charge is 0.493 e. The van der Waals surface area contributed by atoms with Crippen LogP contribution in [0.4, 0.5) is 0 Å². The highest BCUT2D eigenvalue weighted by atomic mass is 16.5. The highest BCUT2D eigenvalue weighted by Gasteiger charge is 2.25. The van der Waals surface area contributed by atoms with Gasteiger partial charge in [-0.2, -0.15) is 5.26 Å². The molecule has 4 nitrogen and oxygen atoms in total. The van der Waals surface area contributed by atoms with Crippen molar-refractivity contribution < 1.29 is 9.47 Å². The zero-order valence-corrected chi connectivity index (χ0v) is 11.4. The molecule has 2 unspecified atom stereocenters. The zero-order chi connectivity index (χ0) is 13.6. The molecule has 1 N–H and O–H groups in total. The second kappa shape index (κ2) is 6.27. The number of benzene rings is 1. The average Bonchev–Trinajstić information content (AvgIpc) is 2.39. The molecule has 4 heteroatoms. The first-order valence-corrected chi connectivity index (χ1v) is 5.94. The molecule has 0 aromatic heterocycles. The van der Waals surface area contributed by atoms with Gasteiger partial charge in [0.25, 0.3) is 0 Å². The Hall–Kier alpha value is -1.73. The Balaban J connectivity index is 2.71. The topological polar surface area (TPSA) is 54.3 Å². The average molecular weight is 248 g/mol. The number of methoxy groups -OCH3 is 1. The van der Waals surface area contributed by atoms with Gasteiger partial charge in [-0.1, -0.05) is 12.1 Å². The summed E-state index contributed by atoms with van der Waals surface area (Å²) in [4.78, 5) is 0. The molecule has 0 amide bonds. The van der Waals surface area contributed by atoms with E-state index in [1.807, 2.05) is 38.1 Å². The van der Waals surface area contributed by atoms with Crippen LogP contribution in [0, 0.1) is 11.3 Å². The molecule has 1 rings (SSSR count). The summed E-state index contributed by atoms with van der Waals surface area (Å²) in [5.41, 5.74) is -0.582. The van der Waals surface area contributed by atoms with Gasteiger partial charge >= 0.3 is 0 Å². The van der Waals surface area contributed by atoms with Crippen LogP contribution < -0.4 is 14.8 Å². The highest BCUT2D eigenvalue weighted by Crippen LogP contribution is 2.28. The van der Waals surface area contributed by atoms with Crippen LogP contribution in [0.25, 0.3) is 0 Å². The van der Waals surface area contributed by atoms with Gasteiger partial charge in [-0.15, -0.1) is 0 Å². The van der Waals surface area contributed by atoms with Crippen LogP contribution in [0.2, 0.25) is 0 Å². The van der Waals surface area contributed by atoms with E-state index < -0.39 is 5.54 Å². The summed E-state index contributed by atoms with van der Waals surface area (Å²) in [7, 11) is 3.39. The fourth-order valence-corrected chi connectivity index (χ4v) is 1.75. The van der Waals surface area contributed by atoms with Crippen LogP contribution in [0.3, 0.4) is 0 Å². The Kier molecular flexibility index (Phi) is 4.99. The van der Waals surface area contributed by atoms with Gasteiger partial charge in [-0.3, -0.25) is 0 Å². The molecule has 1 aromatic carbocycles. The highest BCUT2D eigenvalue weighted by molar-refractivity contribution is 5.39. The van der Waals surface area contributed by atoms with E-state index in [9.17, 15) is 0 Å². The minimum Gasteiger partial charge on any atom is -0.493 e. The molecular formula is C14H20N2O2. The van der Waals surface area contributed by atoms with Crippen molar-refractivity contribution in [2.45, 2.75) is 31.9 Å². The SMILES string of the molecule is CNC(C)(C#N)CC(C)Oc1ccccc1OC. The minimum atomic E-state index is -0.582. The second-order valence-electron chi connectivity index (χ2n) is 4.48. The first kappa shape index (κ1) is 14.3. The van der Waals surface area contributed by atoms with E-state index in [0.29, 0.717) is 17.9 Å². The van der Waals surface area contributed by atoms with Gasteiger partial charge < -0.3 is 14.8 Å². The first-order valence-electron chi connectivity index (χ1n) is 5.94. The van der Waals surface area contributed by atoms with Crippen molar-refractivity contribution >= 4 is 0 Å². The lowest BCUT2D eigenvalue weighted by Gasteiger charge is -2.25. The quantitative estimate of drug-likeness (QED) is 0.839. The monoisotopic (exact) mass is 248 g/mol. The normalized spacial score (nSPS) is 15.3. The fraction of sp³-hybridized carbons (Fsp3) is 0.500. The molecule has 0 saturated heterocycles. The molecule has 98 valence electrons. The smallest absolute Gasteiger partial charge is 0.161 e. The third kappa shape index (κ3) is 3.64. The summed E-state index contributed by atoms with van der Waals surface area (Å²) in [6.07, 6.45) is 0.510. The van der Waals surface area contributed by atoms with Gasteiger partial charge in [0.1, 0.15) is 5.54 Å². The molecule has 0 aliphatic heterocycles. The van der Waals surface area contributed by atoms with Crippen molar-refractivity contribution in [2.75, 3.05) is 14.2 Å². The minimum absolute atomic E-state index is 0.0848. The summed E-state index contributed by atoms with van der Waals surface area (Å²) in [5, 5.41) is 12.1. The van der Waals surface area contributed by atoms with Crippen LogP contribution in [-0.4, -0.2) is 25.8 Å². The van der Waals surface area contributed by atoms with Crippen molar-refractivity contribution in [3.05, 3.63) is 24.3 Å². The Morgan fingerprint density at radius 1 is 1.39 bits per heavy atom. The van der Waals surface area contributed by atoms with Crippen LogP contribution >= 0.6 is 0 Å². The maximum Gasteiger partial charge on any atom is 0.161 e. The maximum atomic E-state index is 9.11. The first-order chi connectivity index (χ1) is 8.54. The van der Waals surface area contributed by atoms with Crippen LogP contribution in [0.1, 0.15) is 20.3 Å². The Labute approximate surface area is 109 Å². The standard InChI is InChI=1S/C14H20N2O2/c1-11(9-14(2,10-15)16-3)18-13-8-6-5-7-12(13)17-4/h5-8,11,16H,9H2,1-4H3. The van der Waals surface area contributed by atoms with E-state index in [1.54, 1.807) is 14.2 Å². The van der Waals surface area contributed by atoms with Gasteiger partial charge in [0.15, 0.2) is 11.5 Å². The lowest BCUT2D eigenvalue weighted by molar-refractivity contribution is 0.176. The van der Waals surface area contributed by atoms with E-state index in [0.717, 1.165) is 0 Å².